The van der Waals surface area contributed by atoms with Gasteiger partial charge in [0.05, 0.1) is 19.6 Å². The molecule has 1 N–H and O–H groups in total. The highest BCUT2D eigenvalue weighted by atomic mass is 35.5. The monoisotopic (exact) mass is 457 g/mol. The van der Waals surface area contributed by atoms with E-state index in [-0.39, 0.29) is 30.2 Å². The van der Waals surface area contributed by atoms with Crippen LogP contribution < -0.4 is 10.1 Å². The van der Waals surface area contributed by atoms with Gasteiger partial charge < -0.3 is 19.9 Å². The van der Waals surface area contributed by atoms with Crippen LogP contribution in [0.3, 0.4) is 0 Å². The fourth-order valence-corrected chi connectivity index (χ4v) is 3.87. The van der Waals surface area contributed by atoms with Gasteiger partial charge in [-0.3, -0.25) is 14.4 Å². The van der Waals surface area contributed by atoms with Crippen molar-refractivity contribution in [3.8, 4) is 5.75 Å². The minimum Gasteiger partial charge on any atom is -0.493 e. The summed E-state index contributed by atoms with van der Waals surface area (Å²) in [6.07, 6.45) is 1.48. The van der Waals surface area contributed by atoms with Crippen molar-refractivity contribution < 1.29 is 19.1 Å². The van der Waals surface area contributed by atoms with Crippen LogP contribution in [0.2, 0.25) is 5.02 Å². The number of halogens is 1. The summed E-state index contributed by atoms with van der Waals surface area (Å²) < 4.78 is 5.59. The Morgan fingerprint density at radius 1 is 1.09 bits per heavy atom. The quantitative estimate of drug-likeness (QED) is 0.658. The summed E-state index contributed by atoms with van der Waals surface area (Å²) in [6, 6.07) is 16.2. The predicted octanol–water partition coefficient (Wildman–Crippen LogP) is 3.44. The summed E-state index contributed by atoms with van der Waals surface area (Å²) in [5.74, 6) is 0.219. The van der Waals surface area contributed by atoms with Crippen LogP contribution in [0, 0.1) is 5.92 Å². The third kappa shape index (κ3) is 6.99. The number of likely N-dealkylation sites (tertiary alicyclic amines) is 1. The fourth-order valence-electron chi connectivity index (χ4n) is 3.68. The van der Waals surface area contributed by atoms with Gasteiger partial charge in [0.2, 0.25) is 17.7 Å². The van der Waals surface area contributed by atoms with Crippen LogP contribution in [0.25, 0.3) is 0 Å². The van der Waals surface area contributed by atoms with Crippen LogP contribution in [0.1, 0.15) is 19.3 Å². The summed E-state index contributed by atoms with van der Waals surface area (Å²) in [6.45, 7) is 1.35. The van der Waals surface area contributed by atoms with Crippen molar-refractivity contribution in [3.63, 3.8) is 0 Å². The van der Waals surface area contributed by atoms with Crippen molar-refractivity contribution >= 4 is 35.0 Å². The number of ether oxygens (including phenoxy) is 1. The summed E-state index contributed by atoms with van der Waals surface area (Å²) in [7, 11) is 1.62. The highest BCUT2D eigenvalue weighted by molar-refractivity contribution is 6.30. The molecule has 1 heterocycles. The number of benzene rings is 2. The van der Waals surface area contributed by atoms with E-state index >= 15 is 0 Å². The molecule has 2 aromatic rings. The molecular weight excluding hydrogens is 430 g/mol. The minimum absolute atomic E-state index is 0.0288. The Morgan fingerprint density at radius 2 is 1.81 bits per heavy atom. The van der Waals surface area contributed by atoms with Gasteiger partial charge in [-0.05, 0) is 43.2 Å². The van der Waals surface area contributed by atoms with Gasteiger partial charge in [0.25, 0.3) is 0 Å². The van der Waals surface area contributed by atoms with E-state index in [0.29, 0.717) is 49.7 Å². The molecule has 170 valence electrons. The predicted molar refractivity (Wildman–Crippen MR) is 124 cm³/mol. The summed E-state index contributed by atoms with van der Waals surface area (Å²) in [5, 5.41) is 3.27. The second-order valence-electron chi connectivity index (χ2n) is 7.82. The first kappa shape index (κ1) is 23.6. The maximum atomic E-state index is 12.7. The number of nitrogens with one attached hydrogen (secondary N) is 1. The third-order valence-electron chi connectivity index (χ3n) is 5.39. The maximum Gasteiger partial charge on any atom is 0.243 e. The summed E-state index contributed by atoms with van der Waals surface area (Å²) in [4.78, 5) is 40.7. The van der Waals surface area contributed by atoms with Crippen LogP contribution in [-0.4, -0.2) is 60.8 Å². The first-order chi connectivity index (χ1) is 15.4. The van der Waals surface area contributed by atoms with Crippen LogP contribution >= 0.6 is 11.6 Å². The second kappa shape index (κ2) is 11.5. The van der Waals surface area contributed by atoms with Gasteiger partial charge in [0.15, 0.2) is 0 Å². The lowest BCUT2D eigenvalue weighted by molar-refractivity contribution is -0.141. The highest BCUT2D eigenvalue weighted by Crippen LogP contribution is 2.20. The van der Waals surface area contributed by atoms with Crippen LogP contribution in [0.4, 0.5) is 5.69 Å². The van der Waals surface area contributed by atoms with Crippen molar-refractivity contribution in [1.82, 2.24) is 9.80 Å². The topological polar surface area (TPSA) is 79.0 Å². The largest absolute Gasteiger partial charge is 0.493 e. The molecular formula is C24H28ClN3O4. The first-order valence-corrected chi connectivity index (χ1v) is 11.1. The molecule has 3 amide bonds. The van der Waals surface area contributed by atoms with E-state index in [2.05, 4.69) is 5.32 Å². The van der Waals surface area contributed by atoms with Crippen molar-refractivity contribution in [1.29, 1.82) is 0 Å². The number of anilines is 1. The van der Waals surface area contributed by atoms with Crippen LogP contribution in [0.15, 0.2) is 54.6 Å². The number of rotatable bonds is 8. The molecule has 0 atom stereocenters. The molecule has 1 saturated heterocycles. The van der Waals surface area contributed by atoms with Crippen molar-refractivity contribution in [2.45, 2.75) is 19.3 Å². The molecule has 0 aromatic heterocycles. The Bertz CT molecular complexity index is 930. The number of piperidine rings is 1. The number of carbonyl (C=O) groups excluding carboxylic acids is 3. The lowest BCUT2D eigenvalue weighted by Gasteiger charge is -2.33. The Kier molecular flexibility index (Phi) is 8.50. The molecule has 2 aromatic carbocycles. The number of para-hydroxylation sites is 1. The first-order valence-electron chi connectivity index (χ1n) is 10.7. The SMILES string of the molecule is CN(CC(=O)Nc1cccc(Cl)c1)C(=O)C1CCN(C(=O)CCOc2ccccc2)CC1. The molecule has 0 spiro atoms. The smallest absolute Gasteiger partial charge is 0.243 e. The molecule has 3 rings (SSSR count). The lowest BCUT2D eigenvalue weighted by atomic mass is 9.95. The minimum atomic E-state index is -0.283. The zero-order valence-electron chi connectivity index (χ0n) is 18.1. The lowest BCUT2D eigenvalue weighted by Crippen LogP contribution is -2.45. The Labute approximate surface area is 193 Å². The standard InChI is InChI=1S/C24H28ClN3O4/c1-27(17-22(29)26-20-7-5-6-19(25)16-20)24(31)18-10-13-28(14-11-18)23(30)12-15-32-21-8-3-2-4-9-21/h2-9,16,18H,10-15,17H2,1H3,(H,26,29). The average molecular weight is 458 g/mol. The van der Waals surface area contributed by atoms with Gasteiger partial charge in [0.1, 0.15) is 5.75 Å². The van der Waals surface area contributed by atoms with Gasteiger partial charge in [-0.2, -0.15) is 0 Å². The number of hydrogen-bond acceptors (Lipinski definition) is 4. The number of likely N-dealkylation sites (N-methyl/N-ethyl adjacent to an activating group) is 1. The molecule has 0 unspecified atom stereocenters. The summed E-state index contributed by atoms with van der Waals surface area (Å²) in [5.41, 5.74) is 0.589. The molecule has 7 nitrogen and oxygen atoms in total. The van der Waals surface area contributed by atoms with E-state index in [9.17, 15) is 14.4 Å². The molecule has 8 heteroatoms. The second-order valence-corrected chi connectivity index (χ2v) is 8.26. The molecule has 1 aliphatic rings. The zero-order chi connectivity index (χ0) is 22.9. The van der Waals surface area contributed by atoms with Crippen molar-refractivity contribution in [2.24, 2.45) is 5.92 Å². The molecule has 0 aliphatic carbocycles. The van der Waals surface area contributed by atoms with Gasteiger partial charge in [-0.1, -0.05) is 35.9 Å². The highest BCUT2D eigenvalue weighted by Gasteiger charge is 2.29. The average Bonchev–Trinajstić information content (AvgIpc) is 2.79. The van der Waals surface area contributed by atoms with E-state index in [1.807, 2.05) is 30.3 Å². The molecule has 32 heavy (non-hydrogen) atoms. The van der Waals surface area contributed by atoms with E-state index in [1.165, 1.54) is 4.90 Å². The van der Waals surface area contributed by atoms with Crippen molar-refractivity contribution in [2.75, 3.05) is 38.6 Å². The number of nitrogens with zero attached hydrogens (tertiary/aromatic N) is 2. The Balaban J connectivity index is 1.38. The number of hydrogen-bond donors (Lipinski definition) is 1. The number of carbonyl (C=O) groups is 3. The molecule has 0 bridgehead atoms. The molecule has 1 aliphatic heterocycles. The summed E-state index contributed by atoms with van der Waals surface area (Å²) >= 11 is 5.93. The zero-order valence-corrected chi connectivity index (χ0v) is 18.9. The molecule has 0 radical (unpaired) electrons. The normalized spacial score (nSPS) is 14.0. The Morgan fingerprint density at radius 3 is 2.50 bits per heavy atom. The number of amides is 3. The van der Waals surface area contributed by atoms with E-state index in [4.69, 9.17) is 16.3 Å². The van der Waals surface area contributed by atoms with Crippen molar-refractivity contribution in [3.05, 3.63) is 59.6 Å². The van der Waals surface area contributed by atoms with Crippen LogP contribution in [0.5, 0.6) is 5.75 Å². The Hall–Kier alpha value is -3.06. The van der Waals surface area contributed by atoms with Crippen LogP contribution in [-0.2, 0) is 14.4 Å². The van der Waals surface area contributed by atoms with E-state index in [1.54, 1.807) is 36.2 Å². The van der Waals surface area contributed by atoms with Gasteiger partial charge in [0, 0.05) is 36.8 Å². The molecule has 1 fully saturated rings. The molecule has 0 saturated carbocycles. The van der Waals surface area contributed by atoms with Gasteiger partial charge in [-0.15, -0.1) is 0 Å². The van der Waals surface area contributed by atoms with Gasteiger partial charge >= 0.3 is 0 Å². The van der Waals surface area contributed by atoms with E-state index < -0.39 is 0 Å². The fraction of sp³-hybridized carbons (Fsp3) is 0.375. The van der Waals surface area contributed by atoms with E-state index in [0.717, 1.165) is 5.75 Å². The third-order valence-corrected chi connectivity index (χ3v) is 5.63. The maximum absolute atomic E-state index is 12.7. The van der Waals surface area contributed by atoms with Gasteiger partial charge in [-0.25, -0.2) is 0 Å².